The third kappa shape index (κ3) is 3.40. The molecule has 0 amide bonds. The molecule has 4 nitrogen and oxygen atoms in total. The molecule has 0 fully saturated rings. The zero-order valence-electron chi connectivity index (χ0n) is 11.5. The molecule has 112 valence electrons. The number of benzene rings is 2. The van der Waals surface area contributed by atoms with Gasteiger partial charge in [-0.1, -0.05) is 12.1 Å². The topological polar surface area (TPSA) is 57.6 Å². The highest BCUT2D eigenvalue weighted by Crippen LogP contribution is 2.22. The number of anilines is 1. The van der Waals surface area contributed by atoms with Crippen molar-refractivity contribution >= 4 is 15.7 Å². The van der Waals surface area contributed by atoms with Gasteiger partial charge in [0.1, 0.15) is 5.82 Å². The Bertz CT molecular complexity index is 697. The smallest absolute Gasteiger partial charge is 0.264 e. The van der Waals surface area contributed by atoms with E-state index in [1.165, 1.54) is 43.4 Å². The van der Waals surface area contributed by atoms with Crippen LogP contribution in [0.2, 0.25) is 0 Å². The van der Waals surface area contributed by atoms with Gasteiger partial charge in [0.05, 0.1) is 10.6 Å². The molecule has 0 saturated carbocycles. The third-order valence-corrected chi connectivity index (χ3v) is 4.97. The van der Waals surface area contributed by atoms with Gasteiger partial charge in [0.15, 0.2) is 0 Å². The summed E-state index contributed by atoms with van der Waals surface area (Å²) in [5, 5.41) is 8.85. The van der Waals surface area contributed by atoms with Crippen LogP contribution in [0.5, 0.6) is 0 Å². The van der Waals surface area contributed by atoms with Crippen LogP contribution in [0.25, 0.3) is 0 Å². The maximum Gasteiger partial charge on any atom is 0.264 e. The second-order valence-corrected chi connectivity index (χ2v) is 6.54. The predicted octanol–water partition coefficient (Wildman–Crippen LogP) is 2.19. The van der Waals surface area contributed by atoms with Gasteiger partial charge in [0, 0.05) is 13.7 Å². The second-order valence-electron chi connectivity index (χ2n) is 4.57. The zero-order chi connectivity index (χ0) is 15.5. The molecule has 0 spiro atoms. The molecule has 0 saturated heterocycles. The lowest BCUT2D eigenvalue weighted by Gasteiger charge is -2.19. The van der Waals surface area contributed by atoms with Crippen LogP contribution in [0.4, 0.5) is 10.1 Å². The highest BCUT2D eigenvalue weighted by atomic mass is 32.2. The van der Waals surface area contributed by atoms with Gasteiger partial charge in [-0.2, -0.15) is 0 Å². The van der Waals surface area contributed by atoms with Gasteiger partial charge in [-0.05, 0) is 48.4 Å². The second kappa shape index (κ2) is 6.24. The summed E-state index contributed by atoms with van der Waals surface area (Å²) in [6, 6.07) is 11.6. The average molecular weight is 309 g/mol. The average Bonchev–Trinajstić information content (AvgIpc) is 2.48. The van der Waals surface area contributed by atoms with Gasteiger partial charge in [-0.25, -0.2) is 12.8 Å². The number of rotatable bonds is 5. The molecule has 0 heterocycles. The Hall–Kier alpha value is -1.92. The summed E-state index contributed by atoms with van der Waals surface area (Å²) >= 11 is 0. The lowest BCUT2D eigenvalue weighted by molar-refractivity contribution is 0.299. The minimum Gasteiger partial charge on any atom is -0.396 e. The number of aliphatic hydroxyl groups is 1. The van der Waals surface area contributed by atoms with Gasteiger partial charge in [-0.3, -0.25) is 4.31 Å². The molecular weight excluding hydrogens is 293 g/mol. The van der Waals surface area contributed by atoms with Crippen LogP contribution in [-0.2, 0) is 16.4 Å². The summed E-state index contributed by atoms with van der Waals surface area (Å²) in [7, 11) is -2.27. The SMILES string of the molecule is CN(c1ccc(F)cc1)S(=O)(=O)c1ccc(CCO)cc1. The maximum absolute atomic E-state index is 12.9. The summed E-state index contributed by atoms with van der Waals surface area (Å²) in [4.78, 5) is 0.149. The van der Waals surface area contributed by atoms with E-state index >= 15 is 0 Å². The van der Waals surface area contributed by atoms with E-state index in [0.29, 0.717) is 12.1 Å². The molecule has 0 aliphatic heterocycles. The van der Waals surface area contributed by atoms with Crippen LogP contribution in [0, 0.1) is 5.82 Å². The van der Waals surface area contributed by atoms with Crippen LogP contribution in [0.3, 0.4) is 0 Å². The van der Waals surface area contributed by atoms with Crippen LogP contribution in [-0.4, -0.2) is 27.2 Å². The monoisotopic (exact) mass is 309 g/mol. The van der Waals surface area contributed by atoms with E-state index in [9.17, 15) is 12.8 Å². The molecule has 0 bridgehead atoms. The van der Waals surface area contributed by atoms with Crippen LogP contribution in [0.15, 0.2) is 53.4 Å². The molecule has 0 aliphatic rings. The number of nitrogens with zero attached hydrogens (tertiary/aromatic N) is 1. The van der Waals surface area contributed by atoms with E-state index < -0.39 is 15.8 Å². The molecule has 2 aromatic carbocycles. The third-order valence-electron chi connectivity index (χ3n) is 3.17. The molecule has 2 aromatic rings. The minimum absolute atomic E-state index is 0.0155. The van der Waals surface area contributed by atoms with Crippen molar-refractivity contribution in [3.8, 4) is 0 Å². The first-order valence-corrected chi connectivity index (χ1v) is 7.83. The standard InChI is InChI=1S/C15H16FNO3S/c1-17(14-6-4-13(16)5-7-14)21(19,20)15-8-2-12(3-9-15)10-11-18/h2-9,18H,10-11H2,1H3. The largest absolute Gasteiger partial charge is 0.396 e. The number of hydrogen-bond acceptors (Lipinski definition) is 3. The van der Waals surface area contributed by atoms with Crippen LogP contribution < -0.4 is 4.31 Å². The normalized spacial score (nSPS) is 11.4. The van der Waals surface area contributed by atoms with E-state index in [-0.39, 0.29) is 11.5 Å². The Kier molecular flexibility index (Phi) is 4.59. The summed E-state index contributed by atoms with van der Waals surface area (Å²) < 4.78 is 38.9. The Morgan fingerprint density at radius 1 is 1.05 bits per heavy atom. The molecule has 0 radical (unpaired) electrons. The summed E-state index contributed by atoms with van der Waals surface area (Å²) in [5.41, 5.74) is 1.25. The fourth-order valence-electron chi connectivity index (χ4n) is 1.91. The first kappa shape index (κ1) is 15.5. The first-order valence-electron chi connectivity index (χ1n) is 6.39. The predicted molar refractivity (Wildman–Crippen MR) is 79.2 cm³/mol. The van der Waals surface area contributed by atoms with Gasteiger partial charge in [0.25, 0.3) is 10.0 Å². The minimum atomic E-state index is -3.69. The van der Waals surface area contributed by atoms with Crippen molar-refractivity contribution in [1.29, 1.82) is 0 Å². The van der Waals surface area contributed by atoms with Gasteiger partial charge in [0.2, 0.25) is 0 Å². The lowest BCUT2D eigenvalue weighted by Crippen LogP contribution is -2.26. The Morgan fingerprint density at radius 2 is 1.62 bits per heavy atom. The number of halogens is 1. The van der Waals surface area contributed by atoms with E-state index in [0.717, 1.165) is 9.87 Å². The Balaban J connectivity index is 2.30. The lowest BCUT2D eigenvalue weighted by atomic mass is 10.2. The summed E-state index contributed by atoms with van der Waals surface area (Å²) in [6.07, 6.45) is 0.480. The Morgan fingerprint density at radius 3 is 2.14 bits per heavy atom. The molecule has 21 heavy (non-hydrogen) atoms. The summed E-state index contributed by atoms with van der Waals surface area (Å²) in [5.74, 6) is -0.419. The molecule has 6 heteroatoms. The van der Waals surface area contributed by atoms with E-state index in [1.54, 1.807) is 12.1 Å². The van der Waals surface area contributed by atoms with Crippen molar-refractivity contribution in [3.05, 3.63) is 59.9 Å². The van der Waals surface area contributed by atoms with Crippen LogP contribution >= 0.6 is 0 Å². The number of sulfonamides is 1. The van der Waals surface area contributed by atoms with Crippen LogP contribution in [0.1, 0.15) is 5.56 Å². The van der Waals surface area contributed by atoms with Crippen molar-refractivity contribution < 1.29 is 17.9 Å². The van der Waals surface area contributed by atoms with Crippen molar-refractivity contribution in [2.45, 2.75) is 11.3 Å². The Labute approximate surface area is 123 Å². The van der Waals surface area contributed by atoms with Crippen molar-refractivity contribution in [2.75, 3.05) is 18.0 Å². The van der Waals surface area contributed by atoms with Gasteiger partial charge >= 0.3 is 0 Å². The molecule has 0 atom stereocenters. The highest BCUT2D eigenvalue weighted by molar-refractivity contribution is 7.92. The quantitative estimate of drug-likeness (QED) is 0.921. The van der Waals surface area contributed by atoms with Gasteiger partial charge < -0.3 is 5.11 Å². The summed E-state index contributed by atoms with van der Waals surface area (Å²) in [6.45, 7) is 0.0155. The van der Waals surface area contributed by atoms with E-state index in [4.69, 9.17) is 5.11 Å². The molecule has 1 N–H and O–H groups in total. The number of aliphatic hydroxyl groups excluding tert-OH is 1. The molecule has 0 aliphatic carbocycles. The van der Waals surface area contributed by atoms with E-state index in [1.807, 2.05) is 0 Å². The molecule has 0 unspecified atom stereocenters. The fourth-order valence-corrected chi connectivity index (χ4v) is 3.10. The first-order chi connectivity index (χ1) is 9.95. The molecule has 2 rings (SSSR count). The molecule has 0 aromatic heterocycles. The highest BCUT2D eigenvalue weighted by Gasteiger charge is 2.21. The van der Waals surface area contributed by atoms with E-state index in [2.05, 4.69) is 0 Å². The molecular formula is C15H16FNO3S. The maximum atomic E-state index is 12.9. The number of hydrogen-bond donors (Lipinski definition) is 1. The van der Waals surface area contributed by atoms with Gasteiger partial charge in [-0.15, -0.1) is 0 Å². The fraction of sp³-hybridized carbons (Fsp3) is 0.200. The van der Waals surface area contributed by atoms with Crippen molar-refractivity contribution in [3.63, 3.8) is 0 Å². The van der Waals surface area contributed by atoms with Crippen molar-refractivity contribution in [2.24, 2.45) is 0 Å². The van der Waals surface area contributed by atoms with Crippen molar-refractivity contribution in [1.82, 2.24) is 0 Å². The zero-order valence-corrected chi connectivity index (χ0v) is 12.3.